The van der Waals surface area contributed by atoms with E-state index in [1.807, 2.05) is 12.1 Å². The van der Waals surface area contributed by atoms with Crippen LogP contribution in [0.3, 0.4) is 0 Å². The summed E-state index contributed by atoms with van der Waals surface area (Å²) >= 11 is 0. The third-order valence-corrected chi connectivity index (χ3v) is 7.59. The lowest BCUT2D eigenvalue weighted by atomic mass is 9.42. The fourth-order valence-corrected chi connectivity index (χ4v) is 6.95. The van der Waals surface area contributed by atoms with Crippen molar-refractivity contribution >= 4 is 5.91 Å². The Morgan fingerprint density at radius 3 is 2.96 bits per heavy atom. The fraction of sp³-hybridized carbons (Fsp3) is 0.682. The Morgan fingerprint density at radius 1 is 1.27 bits per heavy atom. The van der Waals surface area contributed by atoms with Crippen LogP contribution in [0.15, 0.2) is 18.2 Å². The van der Waals surface area contributed by atoms with Crippen molar-refractivity contribution in [2.24, 2.45) is 16.7 Å². The van der Waals surface area contributed by atoms with Gasteiger partial charge in [-0.1, -0.05) is 25.5 Å². The second-order valence-corrected chi connectivity index (χ2v) is 9.59. The number of ether oxygens (including phenoxy) is 1. The van der Waals surface area contributed by atoms with Gasteiger partial charge in [-0.25, -0.2) is 0 Å². The number of benzene rings is 1. The molecule has 5 aliphatic rings. The number of amides is 1. The van der Waals surface area contributed by atoms with Gasteiger partial charge in [0.05, 0.1) is 17.6 Å². The molecule has 6 rings (SSSR count). The van der Waals surface area contributed by atoms with Crippen LogP contribution < -0.4 is 10.1 Å². The molecule has 4 nitrogen and oxygen atoms in total. The van der Waals surface area contributed by atoms with E-state index in [0.717, 1.165) is 56.4 Å². The predicted molar refractivity (Wildman–Crippen MR) is 98.8 cm³/mol. The van der Waals surface area contributed by atoms with Crippen molar-refractivity contribution in [1.29, 1.82) is 0 Å². The molecular weight excluding hydrogens is 326 g/mol. The van der Waals surface area contributed by atoms with Gasteiger partial charge in [0.2, 0.25) is 5.91 Å². The molecular formula is C22H29NO3. The summed E-state index contributed by atoms with van der Waals surface area (Å²) in [4.78, 5) is 13.3. The van der Waals surface area contributed by atoms with Crippen LogP contribution in [0.4, 0.5) is 0 Å². The van der Waals surface area contributed by atoms with Gasteiger partial charge in [-0.2, -0.15) is 0 Å². The minimum atomic E-state index is -0.613. The molecule has 1 aromatic carbocycles. The number of aliphatic hydroxyl groups is 1. The second-order valence-electron chi connectivity index (χ2n) is 9.59. The smallest absolute Gasteiger partial charge is 0.226 e. The third kappa shape index (κ3) is 2.49. The van der Waals surface area contributed by atoms with Gasteiger partial charge in [-0.3, -0.25) is 4.79 Å². The summed E-state index contributed by atoms with van der Waals surface area (Å²) in [6.45, 7) is 3.55. The van der Waals surface area contributed by atoms with E-state index in [1.54, 1.807) is 0 Å². The minimum Gasteiger partial charge on any atom is -0.493 e. The van der Waals surface area contributed by atoms with Crippen molar-refractivity contribution in [2.75, 3.05) is 6.61 Å². The Hall–Kier alpha value is -1.55. The number of carbonyl (C=O) groups excluding carboxylic acids is 1. The maximum Gasteiger partial charge on any atom is 0.226 e. The zero-order valence-corrected chi connectivity index (χ0v) is 15.6. The van der Waals surface area contributed by atoms with E-state index in [9.17, 15) is 9.90 Å². The normalized spacial score (nSPS) is 39.5. The third-order valence-electron chi connectivity index (χ3n) is 7.59. The van der Waals surface area contributed by atoms with Crippen molar-refractivity contribution in [1.82, 2.24) is 5.32 Å². The summed E-state index contributed by atoms with van der Waals surface area (Å²) < 4.78 is 5.56. The first-order valence-corrected chi connectivity index (χ1v) is 10.2. The molecule has 0 spiro atoms. The molecule has 2 N–H and O–H groups in total. The molecule has 4 aliphatic carbocycles. The SMILES string of the molecule is CCC12CC3CC(O)(C1)CC(C(=O)NCc1ccc4c(c1)CCO4)(C3)C2. The van der Waals surface area contributed by atoms with Crippen LogP contribution in [0.2, 0.25) is 0 Å². The van der Waals surface area contributed by atoms with Crippen LogP contribution in [0, 0.1) is 16.7 Å². The van der Waals surface area contributed by atoms with E-state index in [0.29, 0.717) is 18.9 Å². The molecule has 1 aromatic rings. The van der Waals surface area contributed by atoms with Gasteiger partial charge in [0.1, 0.15) is 5.75 Å². The lowest BCUT2D eigenvalue weighted by molar-refractivity contribution is -0.204. The zero-order chi connectivity index (χ0) is 18.0. The van der Waals surface area contributed by atoms with Crippen LogP contribution in [0.1, 0.15) is 63.0 Å². The van der Waals surface area contributed by atoms with Crippen LogP contribution in [0.25, 0.3) is 0 Å². The number of rotatable bonds is 4. The first-order valence-electron chi connectivity index (χ1n) is 10.2. The second kappa shape index (κ2) is 5.48. The molecule has 4 atom stereocenters. The van der Waals surface area contributed by atoms with E-state index in [1.165, 1.54) is 12.0 Å². The Bertz CT molecular complexity index is 762. The molecule has 4 fully saturated rings. The molecule has 4 bridgehead atoms. The van der Waals surface area contributed by atoms with E-state index in [-0.39, 0.29) is 16.7 Å². The van der Waals surface area contributed by atoms with Gasteiger partial charge in [0.25, 0.3) is 0 Å². The Kier molecular flexibility index (Phi) is 3.50. The molecule has 4 heteroatoms. The topological polar surface area (TPSA) is 58.6 Å². The lowest BCUT2D eigenvalue weighted by Gasteiger charge is -2.64. The molecule has 1 heterocycles. The van der Waals surface area contributed by atoms with Gasteiger partial charge >= 0.3 is 0 Å². The molecule has 0 aromatic heterocycles. The van der Waals surface area contributed by atoms with E-state index in [2.05, 4.69) is 18.3 Å². The highest BCUT2D eigenvalue weighted by atomic mass is 16.5. The number of hydrogen-bond acceptors (Lipinski definition) is 3. The highest BCUT2D eigenvalue weighted by Crippen LogP contribution is 2.67. The van der Waals surface area contributed by atoms with Gasteiger partial charge in [0, 0.05) is 13.0 Å². The van der Waals surface area contributed by atoms with Crippen molar-refractivity contribution < 1.29 is 14.6 Å². The highest BCUT2D eigenvalue weighted by molar-refractivity contribution is 5.83. The lowest BCUT2D eigenvalue weighted by Crippen LogP contribution is -2.63. The minimum absolute atomic E-state index is 0.162. The summed E-state index contributed by atoms with van der Waals surface area (Å²) in [6, 6.07) is 6.22. The summed E-state index contributed by atoms with van der Waals surface area (Å²) in [5.74, 6) is 1.65. The summed E-state index contributed by atoms with van der Waals surface area (Å²) in [6.07, 6.45) is 7.59. The molecule has 4 saturated carbocycles. The van der Waals surface area contributed by atoms with Crippen molar-refractivity contribution in [3.05, 3.63) is 29.3 Å². The molecule has 1 aliphatic heterocycles. The van der Waals surface area contributed by atoms with Gasteiger partial charge in [0.15, 0.2) is 0 Å². The van der Waals surface area contributed by atoms with Crippen LogP contribution >= 0.6 is 0 Å². The first kappa shape index (κ1) is 16.6. The van der Waals surface area contributed by atoms with Crippen molar-refractivity contribution in [3.8, 4) is 5.75 Å². The van der Waals surface area contributed by atoms with E-state index in [4.69, 9.17) is 4.74 Å². The van der Waals surface area contributed by atoms with Gasteiger partial charge in [-0.15, -0.1) is 0 Å². The number of fused-ring (bicyclic) bond motifs is 1. The first-order chi connectivity index (χ1) is 12.4. The number of hydrogen-bond donors (Lipinski definition) is 2. The average Bonchev–Trinajstić information content (AvgIpc) is 3.05. The predicted octanol–water partition coefficient (Wildman–Crippen LogP) is 3.35. The van der Waals surface area contributed by atoms with Crippen LogP contribution in [0.5, 0.6) is 5.75 Å². The monoisotopic (exact) mass is 355 g/mol. The standard InChI is InChI=1S/C22H29NO3/c1-2-20-8-16-9-21(12-20,14-22(25,10-16)13-20)19(24)23-11-15-3-4-18-17(7-15)5-6-26-18/h3-4,7,16,25H,2,5-6,8-14H2,1H3,(H,23,24). The summed E-state index contributed by atoms with van der Waals surface area (Å²) in [7, 11) is 0. The molecule has 0 radical (unpaired) electrons. The summed E-state index contributed by atoms with van der Waals surface area (Å²) in [5.41, 5.74) is 1.58. The number of carbonyl (C=O) groups is 1. The molecule has 140 valence electrons. The highest BCUT2D eigenvalue weighted by Gasteiger charge is 2.64. The van der Waals surface area contributed by atoms with E-state index >= 15 is 0 Å². The van der Waals surface area contributed by atoms with Gasteiger partial charge < -0.3 is 15.2 Å². The van der Waals surface area contributed by atoms with E-state index < -0.39 is 5.60 Å². The van der Waals surface area contributed by atoms with Crippen LogP contribution in [-0.2, 0) is 17.8 Å². The molecule has 0 saturated heterocycles. The van der Waals surface area contributed by atoms with Crippen LogP contribution in [-0.4, -0.2) is 23.2 Å². The fourth-order valence-electron chi connectivity index (χ4n) is 6.95. The maximum atomic E-state index is 13.3. The molecule has 26 heavy (non-hydrogen) atoms. The maximum absolute atomic E-state index is 13.3. The Labute approximate surface area is 155 Å². The Balaban J connectivity index is 1.34. The van der Waals surface area contributed by atoms with Gasteiger partial charge in [-0.05, 0) is 67.1 Å². The summed E-state index contributed by atoms with van der Waals surface area (Å²) in [5, 5.41) is 14.3. The quantitative estimate of drug-likeness (QED) is 0.871. The zero-order valence-electron chi connectivity index (χ0n) is 15.6. The van der Waals surface area contributed by atoms with Crippen molar-refractivity contribution in [3.63, 3.8) is 0 Å². The number of nitrogens with one attached hydrogen (secondary N) is 1. The largest absolute Gasteiger partial charge is 0.493 e. The Morgan fingerprint density at radius 2 is 2.15 bits per heavy atom. The average molecular weight is 355 g/mol. The molecule has 4 unspecified atom stereocenters. The molecule has 1 amide bonds. The van der Waals surface area contributed by atoms with Crippen molar-refractivity contribution in [2.45, 2.75) is 70.4 Å².